The van der Waals surface area contributed by atoms with Crippen LogP contribution in [0.15, 0.2) is 36.4 Å². The average molecular weight is 400 g/mol. The van der Waals surface area contributed by atoms with E-state index in [0.717, 1.165) is 24.8 Å². The summed E-state index contributed by atoms with van der Waals surface area (Å²) < 4.78 is 4.72. The maximum atomic E-state index is 12.3. The fourth-order valence-corrected chi connectivity index (χ4v) is 4.52. The van der Waals surface area contributed by atoms with Gasteiger partial charge in [0.2, 0.25) is 5.91 Å². The number of likely N-dealkylation sites (tertiary alicyclic amines) is 1. The summed E-state index contributed by atoms with van der Waals surface area (Å²) in [5.41, 5.74) is 1.61. The van der Waals surface area contributed by atoms with Gasteiger partial charge in [-0.3, -0.25) is 4.79 Å². The van der Waals surface area contributed by atoms with Crippen LogP contribution in [0, 0.1) is 5.92 Å². The molecule has 2 fully saturated rings. The fraction of sp³-hybridized carbons (Fsp3) is 0.583. The summed E-state index contributed by atoms with van der Waals surface area (Å²) in [5.74, 6) is 0.466. The third kappa shape index (κ3) is 6.17. The molecule has 2 unspecified atom stereocenters. The summed E-state index contributed by atoms with van der Waals surface area (Å²) in [6, 6.07) is 7.40. The minimum atomic E-state index is -0.415. The molecule has 1 aromatic carbocycles. The van der Waals surface area contributed by atoms with Crippen molar-refractivity contribution in [2.75, 3.05) is 13.7 Å². The van der Waals surface area contributed by atoms with Crippen molar-refractivity contribution < 1.29 is 19.4 Å². The van der Waals surface area contributed by atoms with Gasteiger partial charge in [-0.05, 0) is 42.9 Å². The first-order chi connectivity index (χ1) is 14.1. The molecule has 2 atom stereocenters. The van der Waals surface area contributed by atoms with Crippen molar-refractivity contribution in [2.24, 2.45) is 5.92 Å². The highest BCUT2D eigenvalue weighted by Crippen LogP contribution is 2.28. The molecule has 2 aliphatic rings. The second kappa shape index (κ2) is 10.6. The van der Waals surface area contributed by atoms with Crippen LogP contribution in [-0.2, 0) is 16.0 Å². The molecular weight excluding hydrogens is 366 g/mol. The second-order valence-corrected chi connectivity index (χ2v) is 8.32. The fourth-order valence-electron chi connectivity index (χ4n) is 4.52. The van der Waals surface area contributed by atoms with E-state index in [4.69, 9.17) is 4.74 Å². The number of ether oxygens (including phenoxy) is 1. The third-order valence-corrected chi connectivity index (χ3v) is 6.25. The number of hydrogen-bond acceptors (Lipinski definition) is 4. The minimum Gasteiger partial charge on any atom is -0.465 e. The number of benzene rings is 1. The molecule has 0 bridgehead atoms. The van der Waals surface area contributed by atoms with Crippen molar-refractivity contribution >= 4 is 11.9 Å². The summed E-state index contributed by atoms with van der Waals surface area (Å²) in [6.45, 7) is 0.643. The van der Waals surface area contributed by atoms with E-state index in [9.17, 15) is 14.7 Å². The smallest absolute Gasteiger partial charge is 0.337 e. The predicted molar refractivity (Wildman–Crippen MR) is 113 cm³/mol. The highest BCUT2D eigenvalue weighted by Gasteiger charge is 2.28. The molecule has 1 aromatic rings. The number of nitrogens with zero attached hydrogens (tertiary/aromatic N) is 1. The van der Waals surface area contributed by atoms with Crippen molar-refractivity contribution in [1.82, 2.24) is 4.90 Å². The molecule has 1 heterocycles. The SMILES string of the molecule is COC(=O)c1ccc(CCN2C(=O)CCC2C=CC(O)CC2CCCCC2)cc1. The van der Waals surface area contributed by atoms with E-state index in [1.54, 1.807) is 12.1 Å². The van der Waals surface area contributed by atoms with Gasteiger partial charge in [0.05, 0.1) is 24.8 Å². The Morgan fingerprint density at radius 2 is 1.93 bits per heavy atom. The van der Waals surface area contributed by atoms with Gasteiger partial charge in [-0.25, -0.2) is 4.79 Å². The van der Waals surface area contributed by atoms with Crippen LogP contribution >= 0.6 is 0 Å². The van der Waals surface area contributed by atoms with Crippen molar-refractivity contribution in [1.29, 1.82) is 0 Å². The Hall–Kier alpha value is -2.14. The average Bonchev–Trinajstić information content (AvgIpc) is 3.10. The van der Waals surface area contributed by atoms with E-state index >= 15 is 0 Å². The van der Waals surface area contributed by atoms with Crippen molar-refractivity contribution in [3.8, 4) is 0 Å². The molecule has 158 valence electrons. The zero-order chi connectivity index (χ0) is 20.6. The number of aliphatic hydroxyl groups excluding tert-OH is 1. The summed E-state index contributed by atoms with van der Waals surface area (Å²) in [4.78, 5) is 25.8. The molecule has 1 N–H and O–H groups in total. The first-order valence-corrected chi connectivity index (χ1v) is 10.9. The van der Waals surface area contributed by atoms with Gasteiger partial charge in [-0.15, -0.1) is 0 Å². The zero-order valence-electron chi connectivity index (χ0n) is 17.4. The number of methoxy groups -OCH3 is 1. The van der Waals surface area contributed by atoms with Crippen LogP contribution in [0.3, 0.4) is 0 Å². The van der Waals surface area contributed by atoms with Gasteiger partial charge >= 0.3 is 5.97 Å². The number of hydrogen-bond donors (Lipinski definition) is 1. The molecule has 3 rings (SSSR count). The monoisotopic (exact) mass is 399 g/mol. The molecule has 29 heavy (non-hydrogen) atoms. The third-order valence-electron chi connectivity index (χ3n) is 6.25. The Morgan fingerprint density at radius 1 is 1.21 bits per heavy atom. The highest BCUT2D eigenvalue weighted by atomic mass is 16.5. The molecule has 0 aromatic heterocycles. The normalized spacial score (nSPS) is 21.7. The van der Waals surface area contributed by atoms with Gasteiger partial charge in [-0.2, -0.15) is 0 Å². The second-order valence-electron chi connectivity index (χ2n) is 8.32. The Balaban J connectivity index is 1.51. The summed E-state index contributed by atoms with van der Waals surface area (Å²) in [6.07, 6.45) is 12.8. The molecule has 1 aliphatic heterocycles. The lowest BCUT2D eigenvalue weighted by atomic mass is 9.85. The minimum absolute atomic E-state index is 0.0675. The molecule has 1 saturated heterocycles. The van der Waals surface area contributed by atoms with Crippen LogP contribution in [-0.4, -0.2) is 47.7 Å². The summed E-state index contributed by atoms with van der Waals surface area (Å²) >= 11 is 0. The Bertz CT molecular complexity index is 706. The van der Waals surface area contributed by atoms with Crippen LogP contribution in [0.4, 0.5) is 0 Å². The van der Waals surface area contributed by atoms with E-state index in [1.807, 2.05) is 29.2 Å². The lowest BCUT2D eigenvalue weighted by Crippen LogP contribution is -2.33. The van der Waals surface area contributed by atoms with Crippen molar-refractivity contribution in [3.05, 3.63) is 47.5 Å². The maximum absolute atomic E-state index is 12.3. The zero-order valence-corrected chi connectivity index (χ0v) is 17.4. The molecule has 0 radical (unpaired) electrons. The number of amides is 1. The first-order valence-electron chi connectivity index (χ1n) is 10.9. The van der Waals surface area contributed by atoms with E-state index in [0.29, 0.717) is 24.4 Å². The quantitative estimate of drug-likeness (QED) is 0.532. The largest absolute Gasteiger partial charge is 0.465 e. The number of carbonyl (C=O) groups excluding carboxylic acids is 2. The van der Waals surface area contributed by atoms with Gasteiger partial charge in [0.15, 0.2) is 0 Å². The number of carbonyl (C=O) groups is 2. The Morgan fingerprint density at radius 3 is 2.62 bits per heavy atom. The van der Waals surface area contributed by atoms with E-state index in [2.05, 4.69) is 0 Å². The number of aliphatic hydroxyl groups is 1. The van der Waals surface area contributed by atoms with Crippen LogP contribution < -0.4 is 0 Å². The van der Waals surface area contributed by atoms with Gasteiger partial charge in [0.1, 0.15) is 0 Å². The Labute approximate surface area is 173 Å². The number of esters is 1. The standard InChI is InChI=1S/C24H33NO4/c1-29-24(28)20-9-7-18(8-10-20)15-16-25-21(12-14-23(25)27)11-13-22(26)17-19-5-3-2-4-6-19/h7-11,13,19,21-22,26H,2-6,12,14-17H2,1H3. The van der Waals surface area contributed by atoms with E-state index in [1.165, 1.54) is 39.2 Å². The topological polar surface area (TPSA) is 66.8 Å². The highest BCUT2D eigenvalue weighted by molar-refractivity contribution is 5.89. The summed E-state index contributed by atoms with van der Waals surface area (Å²) in [5, 5.41) is 10.4. The lowest BCUT2D eigenvalue weighted by molar-refractivity contribution is -0.128. The van der Waals surface area contributed by atoms with Crippen LogP contribution in [0.5, 0.6) is 0 Å². The van der Waals surface area contributed by atoms with Crippen LogP contribution in [0.25, 0.3) is 0 Å². The van der Waals surface area contributed by atoms with Gasteiger partial charge < -0.3 is 14.7 Å². The van der Waals surface area contributed by atoms with Crippen LogP contribution in [0.1, 0.15) is 67.3 Å². The van der Waals surface area contributed by atoms with Gasteiger partial charge in [0, 0.05) is 13.0 Å². The lowest BCUT2D eigenvalue weighted by Gasteiger charge is -2.24. The molecule has 1 saturated carbocycles. The van der Waals surface area contributed by atoms with Crippen molar-refractivity contribution in [3.63, 3.8) is 0 Å². The molecular formula is C24H33NO4. The molecule has 5 heteroatoms. The number of rotatable bonds is 8. The van der Waals surface area contributed by atoms with Crippen molar-refractivity contribution in [2.45, 2.75) is 69.9 Å². The summed E-state index contributed by atoms with van der Waals surface area (Å²) in [7, 11) is 1.37. The van der Waals surface area contributed by atoms with E-state index < -0.39 is 6.10 Å². The molecule has 0 spiro atoms. The van der Waals surface area contributed by atoms with E-state index in [-0.39, 0.29) is 17.9 Å². The predicted octanol–water partition coefficient (Wildman–Crippen LogP) is 3.89. The molecule has 1 aliphatic carbocycles. The van der Waals surface area contributed by atoms with Gasteiger partial charge in [0.25, 0.3) is 0 Å². The van der Waals surface area contributed by atoms with Gasteiger partial charge in [-0.1, -0.05) is 56.4 Å². The van der Waals surface area contributed by atoms with Crippen LogP contribution in [0.2, 0.25) is 0 Å². The molecule has 1 amide bonds. The molecule has 5 nitrogen and oxygen atoms in total. The first kappa shape index (κ1) is 21.6. The maximum Gasteiger partial charge on any atom is 0.337 e. The Kier molecular flexibility index (Phi) is 7.87.